The van der Waals surface area contributed by atoms with E-state index in [1.165, 1.54) is 6.07 Å². The first kappa shape index (κ1) is 15.8. The van der Waals surface area contributed by atoms with Crippen LogP contribution in [0.25, 0.3) is 0 Å². The number of benzene rings is 1. The molecule has 1 aromatic rings. The van der Waals surface area contributed by atoms with E-state index in [9.17, 15) is 13.2 Å². The molecule has 0 aliphatic carbocycles. The monoisotopic (exact) mass is 323 g/mol. The largest absolute Gasteiger partial charge is 0.418 e. The molecular weight excluding hydrogens is 307 g/mol. The Kier molecular flexibility index (Phi) is 4.80. The van der Waals surface area contributed by atoms with Crippen LogP contribution in [0, 0.1) is 0 Å². The van der Waals surface area contributed by atoms with Crippen LogP contribution in [0.5, 0.6) is 0 Å². The lowest BCUT2D eigenvalue weighted by Crippen LogP contribution is -2.41. The topological polar surface area (TPSA) is 3.24 Å². The van der Waals surface area contributed by atoms with Gasteiger partial charge in [-0.2, -0.15) is 24.9 Å². The van der Waals surface area contributed by atoms with Gasteiger partial charge in [-0.3, -0.25) is 0 Å². The van der Waals surface area contributed by atoms with Gasteiger partial charge >= 0.3 is 6.18 Å². The minimum Gasteiger partial charge on any atom is -0.369 e. The van der Waals surface area contributed by atoms with E-state index in [0.717, 1.165) is 0 Å². The number of alkyl halides is 4. The van der Waals surface area contributed by atoms with Gasteiger partial charge in [0.05, 0.1) is 5.56 Å². The van der Waals surface area contributed by atoms with Crippen molar-refractivity contribution in [1.82, 2.24) is 0 Å². The summed E-state index contributed by atoms with van der Waals surface area (Å²) in [6.07, 6.45) is -4.35. The Morgan fingerprint density at radius 2 is 1.85 bits per heavy atom. The fraction of sp³-hybridized carbons (Fsp3) is 0.571. The van der Waals surface area contributed by atoms with Gasteiger partial charge in [0.2, 0.25) is 0 Å². The van der Waals surface area contributed by atoms with Gasteiger partial charge in [-0.25, -0.2) is 0 Å². The lowest BCUT2D eigenvalue weighted by molar-refractivity contribution is -0.137. The van der Waals surface area contributed by atoms with Gasteiger partial charge in [0, 0.05) is 35.2 Å². The Labute approximate surface area is 126 Å². The summed E-state index contributed by atoms with van der Waals surface area (Å²) in [6, 6.07) is 4.39. The van der Waals surface area contributed by atoms with Crippen molar-refractivity contribution in [2.24, 2.45) is 0 Å². The van der Waals surface area contributed by atoms with E-state index in [0.29, 0.717) is 29.2 Å². The molecule has 1 heterocycles. The number of anilines is 1. The maximum Gasteiger partial charge on any atom is 0.418 e. The highest BCUT2D eigenvalue weighted by Crippen LogP contribution is 2.39. The Balaban J connectivity index is 2.40. The third-order valence-electron chi connectivity index (χ3n) is 3.28. The summed E-state index contributed by atoms with van der Waals surface area (Å²) in [5.41, 5.74) is 0.183. The van der Waals surface area contributed by atoms with Crippen LogP contribution in [0.4, 0.5) is 18.9 Å². The van der Waals surface area contributed by atoms with Gasteiger partial charge in [0.25, 0.3) is 0 Å². The van der Waals surface area contributed by atoms with E-state index in [1.54, 1.807) is 12.1 Å². The number of thioether (sulfide) groups is 1. The highest BCUT2D eigenvalue weighted by molar-refractivity contribution is 8.00. The average molecular weight is 324 g/mol. The second-order valence-electron chi connectivity index (χ2n) is 5.15. The summed E-state index contributed by atoms with van der Waals surface area (Å²) in [5.74, 6) is 0.0893. The zero-order valence-corrected chi connectivity index (χ0v) is 12.9. The molecule has 1 fully saturated rings. The highest BCUT2D eigenvalue weighted by atomic mass is 35.5. The number of halogens is 4. The molecule has 112 valence electrons. The van der Waals surface area contributed by atoms with Crippen LogP contribution in [-0.4, -0.2) is 23.6 Å². The molecule has 0 N–H and O–H groups in total. The molecule has 1 aromatic carbocycles. The quantitative estimate of drug-likeness (QED) is 0.721. The molecule has 6 heteroatoms. The van der Waals surface area contributed by atoms with Crippen molar-refractivity contribution in [2.75, 3.05) is 18.0 Å². The Hall–Kier alpha value is -0.550. The fourth-order valence-electron chi connectivity index (χ4n) is 2.54. The first-order valence-electron chi connectivity index (χ1n) is 6.47. The predicted molar refractivity (Wildman–Crippen MR) is 79.7 cm³/mol. The van der Waals surface area contributed by atoms with Crippen LogP contribution in [0.1, 0.15) is 25.0 Å². The van der Waals surface area contributed by atoms with Gasteiger partial charge < -0.3 is 4.90 Å². The van der Waals surface area contributed by atoms with E-state index < -0.39 is 11.7 Å². The van der Waals surface area contributed by atoms with Crippen LogP contribution in [0.15, 0.2) is 18.2 Å². The van der Waals surface area contributed by atoms with Crippen LogP contribution in [0.2, 0.25) is 0 Å². The molecule has 2 atom stereocenters. The third kappa shape index (κ3) is 3.55. The molecule has 2 unspecified atom stereocenters. The second kappa shape index (κ2) is 6.06. The number of hydrogen-bond acceptors (Lipinski definition) is 2. The predicted octanol–water partition coefficient (Wildman–Crippen LogP) is 4.77. The van der Waals surface area contributed by atoms with E-state index in [-0.39, 0.29) is 11.6 Å². The minimum atomic E-state index is -4.35. The molecule has 1 aliphatic heterocycles. The van der Waals surface area contributed by atoms with Crippen molar-refractivity contribution in [3.63, 3.8) is 0 Å². The average Bonchev–Trinajstić information content (AvgIpc) is 2.35. The Morgan fingerprint density at radius 3 is 2.35 bits per heavy atom. The second-order valence-corrected chi connectivity index (χ2v) is 7.29. The highest BCUT2D eigenvalue weighted by Gasteiger charge is 2.36. The minimum absolute atomic E-state index is 0.0893. The van der Waals surface area contributed by atoms with E-state index >= 15 is 0 Å². The van der Waals surface area contributed by atoms with Crippen LogP contribution >= 0.6 is 23.4 Å². The van der Waals surface area contributed by atoms with Crippen molar-refractivity contribution in [3.8, 4) is 0 Å². The summed E-state index contributed by atoms with van der Waals surface area (Å²) >= 11 is 7.47. The summed E-state index contributed by atoms with van der Waals surface area (Å²) in [7, 11) is 0. The molecule has 20 heavy (non-hydrogen) atoms. The lowest BCUT2D eigenvalue weighted by Gasteiger charge is -2.37. The van der Waals surface area contributed by atoms with Crippen LogP contribution in [-0.2, 0) is 12.1 Å². The van der Waals surface area contributed by atoms with Crippen LogP contribution in [0.3, 0.4) is 0 Å². The van der Waals surface area contributed by atoms with Gasteiger partial charge in [0.15, 0.2) is 0 Å². The van der Waals surface area contributed by atoms with E-state index in [2.05, 4.69) is 0 Å². The lowest BCUT2D eigenvalue weighted by atomic mass is 10.1. The Bertz CT molecular complexity index is 468. The molecule has 0 saturated carbocycles. The fourth-order valence-corrected chi connectivity index (χ4v) is 4.04. The van der Waals surface area contributed by atoms with Crippen molar-refractivity contribution < 1.29 is 13.2 Å². The van der Waals surface area contributed by atoms with E-state index in [4.69, 9.17) is 11.6 Å². The number of hydrogen-bond donors (Lipinski definition) is 0. The molecule has 1 aliphatic rings. The van der Waals surface area contributed by atoms with Gasteiger partial charge in [-0.15, -0.1) is 11.6 Å². The van der Waals surface area contributed by atoms with Crippen molar-refractivity contribution >= 4 is 29.1 Å². The molecule has 1 saturated heterocycles. The summed E-state index contributed by atoms with van der Waals surface area (Å²) in [5, 5.41) is 0.653. The molecule has 2 rings (SSSR count). The summed E-state index contributed by atoms with van der Waals surface area (Å²) < 4.78 is 39.7. The number of rotatable bonds is 2. The zero-order chi connectivity index (χ0) is 14.9. The Morgan fingerprint density at radius 1 is 1.25 bits per heavy atom. The summed E-state index contributed by atoms with van der Waals surface area (Å²) in [6.45, 7) is 5.37. The maximum absolute atomic E-state index is 13.2. The molecule has 0 radical (unpaired) electrons. The molecule has 0 aromatic heterocycles. The molecular formula is C14H17ClF3NS. The smallest absolute Gasteiger partial charge is 0.369 e. The van der Waals surface area contributed by atoms with Crippen molar-refractivity contribution in [3.05, 3.63) is 29.3 Å². The van der Waals surface area contributed by atoms with Gasteiger partial charge in [0.1, 0.15) is 0 Å². The number of nitrogens with zero attached hydrogens (tertiary/aromatic N) is 1. The molecule has 0 bridgehead atoms. The SMILES string of the molecule is CC1CN(c2ccc(CCl)cc2C(F)(F)F)CC(C)S1. The molecule has 0 amide bonds. The van der Waals surface area contributed by atoms with Crippen LogP contribution < -0.4 is 4.90 Å². The van der Waals surface area contributed by atoms with Gasteiger partial charge in [-0.05, 0) is 17.7 Å². The van der Waals surface area contributed by atoms with Crippen molar-refractivity contribution in [1.29, 1.82) is 0 Å². The maximum atomic E-state index is 13.2. The zero-order valence-electron chi connectivity index (χ0n) is 11.4. The molecule has 0 spiro atoms. The van der Waals surface area contributed by atoms with Crippen molar-refractivity contribution in [2.45, 2.75) is 36.4 Å². The normalized spacial score (nSPS) is 24.0. The van der Waals surface area contributed by atoms with Gasteiger partial charge in [-0.1, -0.05) is 19.9 Å². The molecule has 1 nitrogen and oxygen atoms in total. The first-order valence-corrected chi connectivity index (χ1v) is 7.95. The first-order chi connectivity index (χ1) is 9.31. The van der Waals surface area contributed by atoms with E-state index in [1.807, 2.05) is 30.5 Å². The third-order valence-corrected chi connectivity index (χ3v) is 4.82. The standard InChI is InChI=1S/C14H17ClF3NS/c1-9-7-19(8-10(2)20-9)13-4-3-11(6-15)5-12(13)14(16,17)18/h3-5,9-10H,6-8H2,1-2H3. The summed E-state index contributed by atoms with van der Waals surface area (Å²) in [4.78, 5) is 1.84.